The number of furan rings is 1. The van der Waals surface area contributed by atoms with Gasteiger partial charge in [0, 0.05) is 13.1 Å². The maximum Gasteiger partial charge on any atom is 0.276 e. The molecule has 21 heavy (non-hydrogen) atoms. The van der Waals surface area contributed by atoms with Crippen LogP contribution in [0.25, 0.3) is 0 Å². The summed E-state index contributed by atoms with van der Waals surface area (Å²) in [5.41, 5.74) is 0. The molecule has 1 aromatic rings. The van der Waals surface area contributed by atoms with Crippen molar-refractivity contribution in [1.29, 1.82) is 0 Å². The van der Waals surface area contributed by atoms with Gasteiger partial charge in [-0.05, 0) is 43.9 Å². The van der Waals surface area contributed by atoms with Gasteiger partial charge in [-0.2, -0.15) is 4.31 Å². The molecule has 0 aromatic carbocycles. The van der Waals surface area contributed by atoms with Gasteiger partial charge in [0.15, 0.2) is 0 Å². The summed E-state index contributed by atoms with van der Waals surface area (Å²) < 4.78 is 32.3. The van der Waals surface area contributed by atoms with E-state index in [0.717, 1.165) is 32.2 Å². The van der Waals surface area contributed by atoms with Crippen LogP contribution in [0.3, 0.4) is 0 Å². The van der Waals surface area contributed by atoms with Gasteiger partial charge in [-0.25, -0.2) is 8.42 Å². The Bertz CT molecular complexity index is 539. The molecule has 1 N–H and O–H groups in total. The summed E-state index contributed by atoms with van der Waals surface area (Å²) in [5.74, 6) is 1.14. The molecule has 1 aliphatic rings. The minimum absolute atomic E-state index is 0.0764. The molecule has 1 fully saturated rings. The highest BCUT2D eigenvalue weighted by atomic mass is 32.2. The molecule has 0 bridgehead atoms. The predicted molar refractivity (Wildman–Crippen MR) is 82.5 cm³/mol. The lowest BCUT2D eigenvalue weighted by Crippen LogP contribution is -2.39. The average molecular weight is 314 g/mol. The fourth-order valence-corrected chi connectivity index (χ4v) is 4.17. The molecule has 2 rings (SSSR count). The quantitative estimate of drug-likeness (QED) is 0.786. The molecule has 0 spiro atoms. The number of sulfonamides is 1. The summed E-state index contributed by atoms with van der Waals surface area (Å²) in [7, 11) is -3.48. The number of hydrogen-bond acceptors (Lipinski definition) is 4. The monoisotopic (exact) mass is 314 g/mol. The van der Waals surface area contributed by atoms with Crippen molar-refractivity contribution in [2.75, 3.05) is 19.6 Å². The molecule has 5 nitrogen and oxygen atoms in total. The molecule has 1 aliphatic heterocycles. The summed E-state index contributed by atoms with van der Waals surface area (Å²) >= 11 is 0. The molecular weight excluding hydrogens is 288 g/mol. The first-order chi connectivity index (χ1) is 10.1. The molecule has 1 saturated heterocycles. The molecule has 1 aromatic heterocycles. The molecule has 0 aliphatic carbocycles. The van der Waals surface area contributed by atoms with Crippen molar-refractivity contribution in [3.05, 3.63) is 17.9 Å². The molecular formula is C15H26N2O3S. The van der Waals surface area contributed by atoms with Crippen LogP contribution in [0.1, 0.15) is 45.3 Å². The van der Waals surface area contributed by atoms with E-state index in [1.807, 2.05) is 0 Å². The summed E-state index contributed by atoms with van der Waals surface area (Å²) in [5, 5.41) is 3.29. The highest BCUT2D eigenvalue weighted by Crippen LogP contribution is 2.26. The summed E-state index contributed by atoms with van der Waals surface area (Å²) in [6.07, 6.45) is 4.12. The van der Waals surface area contributed by atoms with E-state index in [0.29, 0.717) is 31.3 Å². The van der Waals surface area contributed by atoms with Gasteiger partial charge in [-0.15, -0.1) is 0 Å². The minimum atomic E-state index is -3.48. The number of nitrogens with zero attached hydrogens (tertiary/aromatic N) is 1. The van der Waals surface area contributed by atoms with Crippen LogP contribution in [0, 0.1) is 5.92 Å². The maximum atomic E-state index is 12.6. The zero-order valence-corrected chi connectivity index (χ0v) is 13.8. The zero-order valence-electron chi connectivity index (χ0n) is 13.0. The van der Waals surface area contributed by atoms with Crippen molar-refractivity contribution in [2.24, 2.45) is 5.92 Å². The van der Waals surface area contributed by atoms with E-state index in [2.05, 4.69) is 19.2 Å². The Labute approximate surface area is 127 Å². The summed E-state index contributed by atoms with van der Waals surface area (Å²) in [6, 6.07) is 3.32. The van der Waals surface area contributed by atoms with Crippen LogP contribution in [-0.4, -0.2) is 32.4 Å². The van der Waals surface area contributed by atoms with Crippen molar-refractivity contribution in [3.8, 4) is 0 Å². The lowest BCUT2D eigenvalue weighted by molar-refractivity contribution is 0.255. The summed E-state index contributed by atoms with van der Waals surface area (Å²) in [6.45, 7) is 6.89. The van der Waals surface area contributed by atoms with E-state index in [1.54, 1.807) is 16.4 Å². The average Bonchev–Trinajstić information content (AvgIpc) is 2.97. The van der Waals surface area contributed by atoms with Gasteiger partial charge in [0.25, 0.3) is 10.0 Å². The minimum Gasteiger partial charge on any atom is -0.447 e. The van der Waals surface area contributed by atoms with Gasteiger partial charge in [0.2, 0.25) is 5.09 Å². The number of rotatable bonds is 7. The first-order valence-corrected chi connectivity index (χ1v) is 9.31. The first-order valence-electron chi connectivity index (χ1n) is 7.87. The summed E-state index contributed by atoms with van der Waals surface area (Å²) in [4.78, 5) is 0. The van der Waals surface area contributed by atoms with Crippen LogP contribution in [0.4, 0.5) is 0 Å². The molecule has 6 heteroatoms. The molecule has 1 unspecified atom stereocenters. The van der Waals surface area contributed by atoms with E-state index in [9.17, 15) is 8.42 Å². The van der Waals surface area contributed by atoms with Crippen LogP contribution in [-0.2, 0) is 16.6 Å². The standard InChI is InChI=1S/C15H26N2O3S/c1-3-9-16-11-14-7-8-15(20-14)21(18,19)17-10-5-6-13(4-2)12-17/h7-8,13,16H,3-6,9-12H2,1-2H3. The van der Waals surface area contributed by atoms with Crippen LogP contribution < -0.4 is 5.32 Å². The molecule has 120 valence electrons. The van der Waals surface area contributed by atoms with Crippen molar-refractivity contribution in [2.45, 2.75) is 51.2 Å². The van der Waals surface area contributed by atoms with Crippen LogP contribution in [0.15, 0.2) is 21.6 Å². The topological polar surface area (TPSA) is 62.6 Å². The molecule has 0 radical (unpaired) electrons. The Morgan fingerprint density at radius 3 is 2.90 bits per heavy atom. The smallest absolute Gasteiger partial charge is 0.276 e. The Hall–Kier alpha value is -0.850. The van der Waals surface area contributed by atoms with Gasteiger partial charge < -0.3 is 9.73 Å². The fraction of sp³-hybridized carbons (Fsp3) is 0.733. The van der Waals surface area contributed by atoms with E-state index < -0.39 is 10.0 Å². The fourth-order valence-electron chi connectivity index (χ4n) is 2.69. The van der Waals surface area contributed by atoms with Crippen LogP contribution in [0.5, 0.6) is 0 Å². The Morgan fingerprint density at radius 1 is 1.38 bits per heavy atom. The normalized spacial score (nSPS) is 20.8. The van der Waals surface area contributed by atoms with Crippen LogP contribution >= 0.6 is 0 Å². The van der Waals surface area contributed by atoms with E-state index in [1.165, 1.54) is 0 Å². The third kappa shape index (κ3) is 4.08. The largest absolute Gasteiger partial charge is 0.447 e. The first kappa shape index (κ1) is 16.5. The highest BCUT2D eigenvalue weighted by molar-refractivity contribution is 7.89. The Kier molecular flexibility index (Phi) is 5.84. The third-order valence-corrected chi connectivity index (χ3v) is 5.76. The second-order valence-corrected chi connectivity index (χ2v) is 7.55. The predicted octanol–water partition coefficient (Wildman–Crippen LogP) is 2.59. The Balaban J connectivity index is 2.05. The van der Waals surface area contributed by atoms with E-state index in [4.69, 9.17) is 4.42 Å². The highest BCUT2D eigenvalue weighted by Gasteiger charge is 2.31. The lowest BCUT2D eigenvalue weighted by atomic mass is 9.97. The van der Waals surface area contributed by atoms with Gasteiger partial charge in [-0.1, -0.05) is 20.3 Å². The number of piperidine rings is 1. The maximum absolute atomic E-state index is 12.6. The van der Waals surface area contributed by atoms with Gasteiger partial charge >= 0.3 is 0 Å². The van der Waals surface area contributed by atoms with Crippen molar-refractivity contribution < 1.29 is 12.8 Å². The second-order valence-electron chi connectivity index (χ2n) is 5.68. The number of nitrogens with one attached hydrogen (secondary N) is 1. The van der Waals surface area contributed by atoms with Gasteiger partial charge in [0.05, 0.1) is 6.54 Å². The van der Waals surface area contributed by atoms with E-state index in [-0.39, 0.29) is 5.09 Å². The molecule has 0 saturated carbocycles. The van der Waals surface area contributed by atoms with Crippen LogP contribution in [0.2, 0.25) is 0 Å². The van der Waals surface area contributed by atoms with Crippen molar-refractivity contribution >= 4 is 10.0 Å². The molecule has 0 amide bonds. The van der Waals surface area contributed by atoms with Gasteiger partial charge in [0.1, 0.15) is 5.76 Å². The molecule has 2 heterocycles. The van der Waals surface area contributed by atoms with E-state index >= 15 is 0 Å². The Morgan fingerprint density at radius 2 is 2.19 bits per heavy atom. The lowest BCUT2D eigenvalue weighted by Gasteiger charge is -2.30. The number of hydrogen-bond donors (Lipinski definition) is 1. The SMILES string of the molecule is CCCNCc1ccc(S(=O)(=O)N2CCCC(CC)C2)o1. The second kappa shape index (κ2) is 7.42. The van der Waals surface area contributed by atoms with Gasteiger partial charge in [-0.3, -0.25) is 0 Å². The van der Waals surface area contributed by atoms with Crippen molar-refractivity contribution in [3.63, 3.8) is 0 Å². The zero-order chi connectivity index (χ0) is 15.3. The van der Waals surface area contributed by atoms with Crippen molar-refractivity contribution in [1.82, 2.24) is 9.62 Å². The molecule has 1 atom stereocenters. The third-order valence-electron chi connectivity index (χ3n) is 4.02.